The van der Waals surface area contributed by atoms with E-state index in [0.717, 1.165) is 5.56 Å². The summed E-state index contributed by atoms with van der Waals surface area (Å²) in [6.07, 6.45) is 0. The minimum Gasteiger partial charge on any atom is -0.399 e. The van der Waals surface area contributed by atoms with E-state index in [1.54, 1.807) is 31.2 Å². The molecule has 0 fully saturated rings. The Hall–Kier alpha value is -1.88. The molecular formula is C15H14BrFN2O. The molecule has 2 aromatic rings. The van der Waals surface area contributed by atoms with Crippen molar-refractivity contribution in [3.63, 3.8) is 0 Å². The molecule has 2 rings (SSSR count). The molecule has 0 aliphatic carbocycles. The molecule has 3 N–H and O–H groups in total. The van der Waals surface area contributed by atoms with Crippen molar-refractivity contribution in [3.05, 3.63) is 57.3 Å². The zero-order chi connectivity index (χ0) is 14.9. The number of benzene rings is 2. The minimum atomic E-state index is -0.361. The molecule has 2 aromatic carbocycles. The number of carbonyl (C=O) groups excluding carboxylic acids is 1. The van der Waals surface area contributed by atoms with Gasteiger partial charge in [-0.1, -0.05) is 6.07 Å². The van der Waals surface area contributed by atoms with Crippen molar-refractivity contribution in [2.24, 2.45) is 0 Å². The molecule has 0 aliphatic heterocycles. The van der Waals surface area contributed by atoms with Gasteiger partial charge in [0.2, 0.25) is 0 Å². The van der Waals surface area contributed by atoms with Crippen molar-refractivity contribution in [1.82, 2.24) is 0 Å². The highest BCUT2D eigenvalue weighted by molar-refractivity contribution is 9.10. The van der Waals surface area contributed by atoms with E-state index in [1.807, 2.05) is 6.92 Å². The predicted octanol–water partition coefficient (Wildman–Crippen LogP) is 4.04. The van der Waals surface area contributed by atoms with Gasteiger partial charge in [-0.3, -0.25) is 4.79 Å². The van der Waals surface area contributed by atoms with E-state index in [1.165, 1.54) is 6.07 Å². The number of halogens is 2. The second kappa shape index (κ2) is 5.63. The van der Waals surface area contributed by atoms with Crippen molar-refractivity contribution in [1.29, 1.82) is 0 Å². The Balaban J connectivity index is 2.32. The van der Waals surface area contributed by atoms with Gasteiger partial charge < -0.3 is 11.1 Å². The number of aryl methyl sites for hydroxylation is 2. The highest BCUT2D eigenvalue weighted by Crippen LogP contribution is 2.25. The number of nitrogen functional groups attached to an aromatic ring is 1. The normalized spacial score (nSPS) is 10.4. The maximum absolute atomic E-state index is 13.4. The predicted molar refractivity (Wildman–Crippen MR) is 82.4 cm³/mol. The van der Waals surface area contributed by atoms with E-state index in [9.17, 15) is 9.18 Å². The first-order valence-corrected chi connectivity index (χ1v) is 6.81. The SMILES string of the molecule is Cc1cc(F)c(Br)cc1NC(=O)c1cc(N)ccc1C. The Morgan fingerprint density at radius 1 is 1.20 bits per heavy atom. The first-order chi connectivity index (χ1) is 9.38. The molecule has 0 aliphatic rings. The van der Waals surface area contributed by atoms with Crippen molar-refractivity contribution in [3.8, 4) is 0 Å². The Morgan fingerprint density at radius 3 is 2.60 bits per heavy atom. The number of rotatable bonds is 2. The van der Waals surface area contributed by atoms with Gasteiger partial charge in [0.1, 0.15) is 5.82 Å². The lowest BCUT2D eigenvalue weighted by Crippen LogP contribution is -2.14. The number of hydrogen-bond acceptors (Lipinski definition) is 2. The van der Waals surface area contributed by atoms with Crippen molar-refractivity contribution >= 4 is 33.2 Å². The Bertz CT molecular complexity index is 686. The fourth-order valence-corrected chi connectivity index (χ4v) is 2.20. The molecule has 1 amide bonds. The van der Waals surface area contributed by atoms with Crippen LogP contribution in [0.1, 0.15) is 21.5 Å². The van der Waals surface area contributed by atoms with Gasteiger partial charge in [0.25, 0.3) is 5.91 Å². The van der Waals surface area contributed by atoms with Gasteiger partial charge in [-0.25, -0.2) is 4.39 Å². The smallest absolute Gasteiger partial charge is 0.256 e. The van der Waals surface area contributed by atoms with Crippen LogP contribution in [0.3, 0.4) is 0 Å². The third kappa shape index (κ3) is 2.99. The molecule has 20 heavy (non-hydrogen) atoms. The zero-order valence-electron chi connectivity index (χ0n) is 11.1. The van der Waals surface area contributed by atoms with Gasteiger partial charge in [-0.05, 0) is 65.2 Å². The number of nitrogens with two attached hydrogens (primary N) is 1. The van der Waals surface area contributed by atoms with Gasteiger partial charge >= 0.3 is 0 Å². The summed E-state index contributed by atoms with van der Waals surface area (Å²) < 4.78 is 13.7. The van der Waals surface area contributed by atoms with E-state index < -0.39 is 0 Å². The average molecular weight is 337 g/mol. The average Bonchev–Trinajstić information content (AvgIpc) is 2.38. The highest BCUT2D eigenvalue weighted by atomic mass is 79.9. The van der Waals surface area contributed by atoms with E-state index in [2.05, 4.69) is 21.2 Å². The summed E-state index contributed by atoms with van der Waals surface area (Å²) in [6, 6.07) is 8.07. The topological polar surface area (TPSA) is 55.1 Å². The molecule has 104 valence electrons. The van der Waals surface area contributed by atoms with Gasteiger partial charge in [-0.2, -0.15) is 0 Å². The van der Waals surface area contributed by atoms with Gasteiger partial charge in [-0.15, -0.1) is 0 Å². The Labute approximate surface area is 125 Å². The quantitative estimate of drug-likeness (QED) is 0.813. The third-order valence-electron chi connectivity index (χ3n) is 3.02. The lowest BCUT2D eigenvalue weighted by Gasteiger charge is -2.11. The number of nitrogens with one attached hydrogen (secondary N) is 1. The lowest BCUT2D eigenvalue weighted by molar-refractivity contribution is 0.102. The van der Waals surface area contributed by atoms with Gasteiger partial charge in [0, 0.05) is 16.9 Å². The van der Waals surface area contributed by atoms with Crippen LogP contribution in [-0.2, 0) is 0 Å². The molecule has 0 bridgehead atoms. The summed E-state index contributed by atoms with van der Waals surface area (Å²) in [7, 11) is 0. The molecule has 5 heteroatoms. The molecule has 3 nitrogen and oxygen atoms in total. The van der Waals surface area contributed by atoms with Crippen molar-refractivity contribution in [2.75, 3.05) is 11.1 Å². The summed E-state index contributed by atoms with van der Waals surface area (Å²) in [5.74, 6) is -0.628. The van der Waals surface area contributed by atoms with E-state index in [4.69, 9.17) is 5.73 Å². The van der Waals surface area contributed by atoms with Gasteiger partial charge in [0.15, 0.2) is 0 Å². The van der Waals surface area contributed by atoms with Crippen LogP contribution in [-0.4, -0.2) is 5.91 Å². The number of anilines is 2. The summed E-state index contributed by atoms with van der Waals surface area (Å²) in [5, 5.41) is 2.77. The largest absolute Gasteiger partial charge is 0.399 e. The second-order valence-electron chi connectivity index (χ2n) is 4.61. The monoisotopic (exact) mass is 336 g/mol. The molecule has 0 radical (unpaired) electrons. The molecule has 0 unspecified atom stereocenters. The van der Waals surface area contributed by atoms with Crippen LogP contribution in [0.15, 0.2) is 34.8 Å². The summed E-state index contributed by atoms with van der Waals surface area (Å²) in [5.41, 5.74) is 8.77. The molecule has 0 aromatic heterocycles. The molecule has 0 atom stereocenters. The standard InChI is InChI=1S/C15H14BrFN2O/c1-8-3-4-10(18)6-11(8)15(20)19-14-7-12(16)13(17)5-9(14)2/h3-7H,18H2,1-2H3,(H,19,20). The van der Waals surface area contributed by atoms with Crippen LogP contribution in [0.4, 0.5) is 15.8 Å². The highest BCUT2D eigenvalue weighted by Gasteiger charge is 2.12. The van der Waals surface area contributed by atoms with E-state index in [0.29, 0.717) is 27.0 Å². The number of hydrogen-bond donors (Lipinski definition) is 2. The van der Waals surface area contributed by atoms with Crippen LogP contribution in [0.5, 0.6) is 0 Å². The van der Waals surface area contributed by atoms with Crippen LogP contribution < -0.4 is 11.1 Å². The first kappa shape index (κ1) is 14.5. The fraction of sp³-hybridized carbons (Fsp3) is 0.133. The van der Waals surface area contributed by atoms with Crippen LogP contribution in [0.25, 0.3) is 0 Å². The van der Waals surface area contributed by atoms with Gasteiger partial charge in [0.05, 0.1) is 4.47 Å². The molecule has 0 heterocycles. The molecule has 0 saturated heterocycles. The Kier molecular flexibility index (Phi) is 4.09. The maximum atomic E-state index is 13.4. The molecule has 0 saturated carbocycles. The summed E-state index contributed by atoms with van der Waals surface area (Å²) in [4.78, 5) is 12.3. The van der Waals surface area contributed by atoms with E-state index >= 15 is 0 Å². The van der Waals surface area contributed by atoms with Crippen molar-refractivity contribution < 1.29 is 9.18 Å². The molecular weight excluding hydrogens is 323 g/mol. The summed E-state index contributed by atoms with van der Waals surface area (Å²) in [6.45, 7) is 3.57. The zero-order valence-corrected chi connectivity index (χ0v) is 12.7. The maximum Gasteiger partial charge on any atom is 0.256 e. The number of amides is 1. The van der Waals surface area contributed by atoms with E-state index in [-0.39, 0.29) is 11.7 Å². The van der Waals surface area contributed by atoms with Crippen LogP contribution in [0, 0.1) is 19.7 Å². The third-order valence-corrected chi connectivity index (χ3v) is 3.63. The minimum absolute atomic E-state index is 0.267. The van der Waals surface area contributed by atoms with Crippen molar-refractivity contribution in [2.45, 2.75) is 13.8 Å². The number of carbonyl (C=O) groups is 1. The summed E-state index contributed by atoms with van der Waals surface area (Å²) >= 11 is 3.11. The first-order valence-electron chi connectivity index (χ1n) is 6.01. The molecule has 0 spiro atoms. The van der Waals surface area contributed by atoms with Crippen LogP contribution >= 0.6 is 15.9 Å². The second-order valence-corrected chi connectivity index (χ2v) is 5.46. The lowest BCUT2D eigenvalue weighted by atomic mass is 10.1. The Morgan fingerprint density at radius 2 is 1.90 bits per heavy atom. The van der Waals surface area contributed by atoms with Crippen LogP contribution in [0.2, 0.25) is 0 Å². The fourth-order valence-electron chi connectivity index (χ4n) is 1.85.